The van der Waals surface area contributed by atoms with Gasteiger partial charge < -0.3 is 5.32 Å². The third-order valence-corrected chi connectivity index (χ3v) is 4.64. The second-order valence-electron chi connectivity index (χ2n) is 6.34. The van der Waals surface area contributed by atoms with Crippen molar-refractivity contribution < 1.29 is 27.6 Å². The summed E-state index contributed by atoms with van der Waals surface area (Å²) in [6.45, 7) is 0. The van der Waals surface area contributed by atoms with Gasteiger partial charge in [0.2, 0.25) is 0 Å². The number of hydrogen-bond donors (Lipinski definition) is 2. The summed E-state index contributed by atoms with van der Waals surface area (Å²) in [6, 6.07) is 0.881. The van der Waals surface area contributed by atoms with Gasteiger partial charge in [-0.1, -0.05) is 19.3 Å². The lowest BCUT2D eigenvalue weighted by Gasteiger charge is -2.32. The summed E-state index contributed by atoms with van der Waals surface area (Å²) in [5.74, 6) is -2.66. The Hall–Kier alpha value is -2.65. The quantitative estimate of drug-likeness (QED) is 0.796. The zero-order chi connectivity index (χ0) is 18.9. The van der Waals surface area contributed by atoms with Crippen LogP contribution in [0.1, 0.15) is 42.5 Å². The van der Waals surface area contributed by atoms with Crippen molar-refractivity contribution in [3.05, 3.63) is 30.1 Å². The van der Waals surface area contributed by atoms with Crippen LogP contribution >= 0.6 is 0 Å². The van der Waals surface area contributed by atoms with E-state index in [1.165, 1.54) is 18.3 Å². The molecule has 0 radical (unpaired) electrons. The third kappa shape index (κ3) is 2.99. The number of aromatic nitrogens is 1. The van der Waals surface area contributed by atoms with Gasteiger partial charge in [-0.2, -0.15) is 13.2 Å². The van der Waals surface area contributed by atoms with Gasteiger partial charge in [-0.05, 0) is 25.0 Å². The highest BCUT2D eigenvalue weighted by molar-refractivity contribution is 6.10. The monoisotopic (exact) mass is 370 g/mol. The van der Waals surface area contributed by atoms with Gasteiger partial charge in [-0.3, -0.25) is 24.8 Å². The zero-order valence-corrected chi connectivity index (χ0v) is 13.7. The first-order valence-electron chi connectivity index (χ1n) is 8.21. The van der Waals surface area contributed by atoms with E-state index in [-0.39, 0.29) is 5.56 Å². The lowest BCUT2D eigenvalue weighted by molar-refractivity contribution is -0.200. The van der Waals surface area contributed by atoms with Crippen LogP contribution in [0.4, 0.5) is 18.0 Å². The van der Waals surface area contributed by atoms with Crippen LogP contribution in [0.2, 0.25) is 0 Å². The number of nitrogens with zero attached hydrogens (tertiary/aromatic N) is 2. The lowest BCUT2D eigenvalue weighted by Crippen LogP contribution is -2.69. The van der Waals surface area contributed by atoms with E-state index < -0.39 is 35.7 Å². The highest BCUT2D eigenvalue weighted by Gasteiger charge is 2.69. The topological polar surface area (TPSA) is 91.4 Å². The fraction of sp³-hybridized carbons (Fsp3) is 0.500. The number of urea groups is 1. The molecule has 0 spiro atoms. The van der Waals surface area contributed by atoms with Gasteiger partial charge >= 0.3 is 12.2 Å². The Morgan fingerprint density at radius 1 is 1.27 bits per heavy atom. The van der Waals surface area contributed by atoms with E-state index in [1.807, 2.05) is 0 Å². The Labute approximate surface area is 146 Å². The molecule has 2 N–H and O–H groups in total. The first-order valence-corrected chi connectivity index (χ1v) is 8.21. The second-order valence-corrected chi connectivity index (χ2v) is 6.34. The van der Waals surface area contributed by atoms with Crippen LogP contribution in [0, 0.1) is 0 Å². The highest BCUT2D eigenvalue weighted by Crippen LogP contribution is 2.36. The molecule has 26 heavy (non-hydrogen) atoms. The van der Waals surface area contributed by atoms with Gasteiger partial charge in [0.25, 0.3) is 17.5 Å². The van der Waals surface area contributed by atoms with Crippen molar-refractivity contribution in [2.45, 2.75) is 50.0 Å². The fourth-order valence-electron chi connectivity index (χ4n) is 3.31. The maximum absolute atomic E-state index is 13.8. The van der Waals surface area contributed by atoms with E-state index in [4.69, 9.17) is 0 Å². The lowest BCUT2D eigenvalue weighted by atomic mass is 9.94. The SMILES string of the molecule is O=C(N[C@@]1(C(F)(F)F)NC(=O)N(C2CCCCC2)C1=O)c1cccnc1. The molecule has 0 bridgehead atoms. The maximum Gasteiger partial charge on any atom is 0.440 e. The van der Waals surface area contributed by atoms with Crippen molar-refractivity contribution >= 4 is 17.8 Å². The van der Waals surface area contributed by atoms with Crippen LogP contribution in [0.5, 0.6) is 0 Å². The number of pyridine rings is 1. The molecule has 3 rings (SSSR count). The van der Waals surface area contributed by atoms with E-state index >= 15 is 0 Å². The number of amides is 4. The molecule has 10 heteroatoms. The Bertz CT molecular complexity index is 719. The minimum atomic E-state index is -5.21. The molecule has 1 aliphatic carbocycles. The summed E-state index contributed by atoms with van der Waals surface area (Å²) in [6.07, 6.45) is 0.464. The maximum atomic E-state index is 13.8. The molecule has 2 heterocycles. The van der Waals surface area contributed by atoms with Crippen molar-refractivity contribution in [3.8, 4) is 0 Å². The molecule has 7 nitrogen and oxygen atoms in total. The molecule has 4 amide bonds. The first-order chi connectivity index (χ1) is 12.3. The van der Waals surface area contributed by atoms with Gasteiger partial charge in [0, 0.05) is 18.4 Å². The molecule has 0 aromatic carbocycles. The van der Waals surface area contributed by atoms with E-state index in [1.54, 1.807) is 10.6 Å². The van der Waals surface area contributed by atoms with Crippen molar-refractivity contribution in [1.29, 1.82) is 0 Å². The van der Waals surface area contributed by atoms with E-state index in [9.17, 15) is 27.6 Å². The largest absolute Gasteiger partial charge is 0.440 e. The second kappa shape index (κ2) is 6.58. The number of carbonyl (C=O) groups is 3. The predicted molar refractivity (Wildman–Crippen MR) is 82.7 cm³/mol. The standard InChI is InChI=1S/C16H17F3N4O3/c17-16(18,19)15(21-12(24)10-5-4-8-20-9-10)13(25)23(14(26)22-15)11-6-2-1-3-7-11/h4-5,8-9,11H,1-3,6-7H2,(H,21,24)(H,22,26)/t15-/m1/s1. The molecule has 0 unspecified atom stereocenters. The smallest absolute Gasteiger partial charge is 0.314 e. The number of halogens is 3. The number of alkyl halides is 3. The minimum Gasteiger partial charge on any atom is -0.314 e. The molecule has 2 aliphatic rings. The van der Waals surface area contributed by atoms with Crippen LogP contribution in [0.15, 0.2) is 24.5 Å². The van der Waals surface area contributed by atoms with Gasteiger partial charge in [-0.15, -0.1) is 0 Å². The Balaban J connectivity index is 1.92. The normalized spacial score (nSPS) is 24.5. The van der Waals surface area contributed by atoms with Crippen LogP contribution in [-0.4, -0.2) is 45.6 Å². The van der Waals surface area contributed by atoms with Gasteiger partial charge in [0.1, 0.15) is 0 Å². The van der Waals surface area contributed by atoms with Crippen molar-refractivity contribution in [2.24, 2.45) is 0 Å². The van der Waals surface area contributed by atoms with Crippen LogP contribution in [0.25, 0.3) is 0 Å². The molecule has 1 saturated heterocycles. The van der Waals surface area contributed by atoms with Crippen molar-refractivity contribution in [1.82, 2.24) is 20.5 Å². The van der Waals surface area contributed by atoms with Crippen LogP contribution in [-0.2, 0) is 4.79 Å². The van der Waals surface area contributed by atoms with Crippen molar-refractivity contribution in [2.75, 3.05) is 0 Å². The number of rotatable bonds is 3. The van der Waals surface area contributed by atoms with E-state index in [2.05, 4.69) is 4.98 Å². The minimum absolute atomic E-state index is 0.158. The fourth-order valence-corrected chi connectivity index (χ4v) is 3.31. The molecule has 140 valence electrons. The average Bonchev–Trinajstić information content (AvgIpc) is 2.87. The van der Waals surface area contributed by atoms with Gasteiger partial charge in [-0.25, -0.2) is 4.79 Å². The summed E-state index contributed by atoms with van der Waals surface area (Å²) >= 11 is 0. The van der Waals surface area contributed by atoms with E-state index in [0.29, 0.717) is 17.7 Å². The number of nitrogens with one attached hydrogen (secondary N) is 2. The predicted octanol–water partition coefficient (Wildman–Crippen LogP) is 1.95. The van der Waals surface area contributed by atoms with E-state index in [0.717, 1.165) is 25.5 Å². The summed E-state index contributed by atoms with van der Waals surface area (Å²) < 4.78 is 41.3. The van der Waals surface area contributed by atoms with Crippen LogP contribution < -0.4 is 10.6 Å². The summed E-state index contributed by atoms with van der Waals surface area (Å²) in [5.41, 5.74) is -3.64. The zero-order valence-electron chi connectivity index (χ0n) is 13.7. The highest BCUT2D eigenvalue weighted by atomic mass is 19.4. The Morgan fingerprint density at radius 3 is 2.54 bits per heavy atom. The van der Waals surface area contributed by atoms with Crippen molar-refractivity contribution in [3.63, 3.8) is 0 Å². The Morgan fingerprint density at radius 2 is 1.96 bits per heavy atom. The van der Waals surface area contributed by atoms with Gasteiger partial charge in [0.15, 0.2) is 0 Å². The molecule has 1 aliphatic heterocycles. The summed E-state index contributed by atoms with van der Waals surface area (Å²) in [5, 5.41) is 3.34. The summed E-state index contributed by atoms with van der Waals surface area (Å²) in [4.78, 5) is 41.3. The van der Waals surface area contributed by atoms with Crippen LogP contribution in [0.3, 0.4) is 0 Å². The first kappa shape index (κ1) is 18.2. The van der Waals surface area contributed by atoms with Gasteiger partial charge in [0.05, 0.1) is 5.56 Å². The molecular formula is C16H17F3N4O3. The molecule has 1 aromatic rings. The molecular weight excluding hydrogens is 353 g/mol. The molecule has 1 saturated carbocycles. The number of carbonyl (C=O) groups excluding carboxylic acids is 3. The third-order valence-electron chi connectivity index (χ3n) is 4.64. The number of hydrogen-bond acceptors (Lipinski definition) is 4. The number of imide groups is 1. The molecule has 1 aromatic heterocycles. The Kier molecular flexibility index (Phi) is 4.59. The molecule has 2 fully saturated rings. The molecule has 1 atom stereocenters. The summed E-state index contributed by atoms with van der Waals surface area (Å²) in [7, 11) is 0. The average molecular weight is 370 g/mol.